The molecule has 1 saturated carbocycles. The van der Waals surface area contributed by atoms with Gasteiger partial charge >= 0.3 is 0 Å². The molecule has 0 saturated heterocycles. The fourth-order valence-electron chi connectivity index (χ4n) is 3.74. The van der Waals surface area contributed by atoms with Crippen molar-refractivity contribution in [2.45, 2.75) is 51.6 Å². The maximum absolute atomic E-state index is 10.9. The molecule has 0 heterocycles. The van der Waals surface area contributed by atoms with E-state index in [0.29, 0.717) is 12.5 Å². The number of aliphatic hydroxyl groups excluding tert-OH is 1. The van der Waals surface area contributed by atoms with Crippen molar-refractivity contribution in [3.05, 3.63) is 35.9 Å². The Morgan fingerprint density at radius 2 is 2.05 bits per heavy atom. The van der Waals surface area contributed by atoms with Crippen LogP contribution in [0.25, 0.3) is 0 Å². The molecule has 19 heavy (non-hydrogen) atoms. The highest BCUT2D eigenvalue weighted by molar-refractivity contribution is 5.21. The van der Waals surface area contributed by atoms with Gasteiger partial charge in [0.15, 0.2) is 0 Å². The zero-order valence-electron chi connectivity index (χ0n) is 12.2. The van der Waals surface area contributed by atoms with Crippen molar-refractivity contribution in [3.8, 4) is 0 Å². The Morgan fingerprint density at radius 1 is 1.37 bits per heavy atom. The Hall–Kier alpha value is -0.860. The molecular weight excluding hydrogens is 234 g/mol. The molecule has 2 heteroatoms. The van der Waals surface area contributed by atoms with E-state index >= 15 is 0 Å². The molecule has 1 aromatic rings. The van der Waals surface area contributed by atoms with Gasteiger partial charge in [-0.1, -0.05) is 57.0 Å². The Bertz CT molecular complexity index is 392. The van der Waals surface area contributed by atoms with Crippen LogP contribution in [0.15, 0.2) is 30.3 Å². The van der Waals surface area contributed by atoms with Gasteiger partial charge in [-0.15, -0.1) is 0 Å². The molecule has 4 unspecified atom stereocenters. The summed E-state index contributed by atoms with van der Waals surface area (Å²) < 4.78 is 0. The summed E-state index contributed by atoms with van der Waals surface area (Å²) in [5, 5.41) is 10.9. The lowest BCUT2D eigenvalue weighted by molar-refractivity contribution is -0.0246. The Kier molecular flexibility index (Phi) is 4.64. The average Bonchev–Trinajstić information content (AvgIpc) is 2.46. The molecule has 0 bridgehead atoms. The van der Waals surface area contributed by atoms with E-state index in [1.165, 1.54) is 18.4 Å². The Balaban J connectivity index is 2.18. The van der Waals surface area contributed by atoms with Gasteiger partial charge in [0.05, 0.1) is 6.10 Å². The zero-order chi connectivity index (χ0) is 13.9. The van der Waals surface area contributed by atoms with Gasteiger partial charge in [0.1, 0.15) is 0 Å². The van der Waals surface area contributed by atoms with Gasteiger partial charge in [-0.25, -0.2) is 0 Å². The highest BCUT2D eigenvalue weighted by Crippen LogP contribution is 2.45. The second kappa shape index (κ2) is 6.06. The summed E-state index contributed by atoms with van der Waals surface area (Å²) in [5.41, 5.74) is 7.18. The van der Waals surface area contributed by atoms with Crippen LogP contribution >= 0.6 is 0 Å². The first kappa shape index (κ1) is 14.5. The first-order valence-corrected chi connectivity index (χ1v) is 7.52. The lowest BCUT2D eigenvalue weighted by Crippen LogP contribution is -2.47. The highest BCUT2D eigenvalue weighted by Gasteiger charge is 2.42. The number of benzene rings is 1. The monoisotopic (exact) mass is 261 g/mol. The van der Waals surface area contributed by atoms with Crippen molar-refractivity contribution < 1.29 is 5.11 Å². The maximum Gasteiger partial charge on any atom is 0.0674 e. The van der Waals surface area contributed by atoms with E-state index in [4.69, 9.17) is 5.73 Å². The summed E-state index contributed by atoms with van der Waals surface area (Å²) in [6, 6.07) is 10.3. The minimum absolute atomic E-state index is 0.0904. The molecular formula is C17H27NO. The van der Waals surface area contributed by atoms with E-state index in [1.807, 2.05) is 18.2 Å². The van der Waals surface area contributed by atoms with E-state index in [2.05, 4.69) is 26.0 Å². The van der Waals surface area contributed by atoms with E-state index in [1.54, 1.807) is 0 Å². The number of rotatable bonds is 4. The van der Waals surface area contributed by atoms with Crippen molar-refractivity contribution in [2.75, 3.05) is 6.54 Å². The summed E-state index contributed by atoms with van der Waals surface area (Å²) in [6.45, 7) is 5.00. The minimum atomic E-state index is -0.345. The van der Waals surface area contributed by atoms with Crippen molar-refractivity contribution in [1.29, 1.82) is 0 Å². The second-order valence-electron chi connectivity index (χ2n) is 6.41. The van der Waals surface area contributed by atoms with Gasteiger partial charge < -0.3 is 10.8 Å². The van der Waals surface area contributed by atoms with Crippen LogP contribution in [0, 0.1) is 11.3 Å². The van der Waals surface area contributed by atoms with Gasteiger partial charge in [0.2, 0.25) is 0 Å². The molecule has 0 aliphatic heterocycles. The first-order chi connectivity index (χ1) is 9.09. The maximum atomic E-state index is 10.9. The third kappa shape index (κ3) is 3.01. The van der Waals surface area contributed by atoms with Gasteiger partial charge in [-0.3, -0.25) is 0 Å². The van der Waals surface area contributed by atoms with Crippen LogP contribution < -0.4 is 5.73 Å². The Labute approximate surface area is 117 Å². The van der Waals surface area contributed by atoms with Gasteiger partial charge in [0.25, 0.3) is 0 Å². The molecule has 4 atom stereocenters. The summed E-state index contributed by atoms with van der Waals surface area (Å²) in [7, 11) is 0. The highest BCUT2D eigenvalue weighted by atomic mass is 16.3. The van der Waals surface area contributed by atoms with Gasteiger partial charge in [-0.05, 0) is 24.3 Å². The largest absolute Gasteiger partial charge is 0.392 e. The molecule has 2 rings (SSSR count). The van der Waals surface area contributed by atoms with Crippen LogP contribution in [0.2, 0.25) is 0 Å². The normalized spacial score (nSPS) is 30.8. The fraction of sp³-hybridized carbons (Fsp3) is 0.647. The summed E-state index contributed by atoms with van der Waals surface area (Å²) in [4.78, 5) is 0. The molecule has 2 nitrogen and oxygen atoms in total. The predicted octanol–water partition coefficient (Wildman–Crippen LogP) is 3.31. The molecule has 0 aromatic heterocycles. The van der Waals surface area contributed by atoms with E-state index in [-0.39, 0.29) is 17.4 Å². The van der Waals surface area contributed by atoms with Crippen LogP contribution in [0.4, 0.5) is 0 Å². The molecule has 1 fully saturated rings. The van der Waals surface area contributed by atoms with Crippen molar-refractivity contribution in [2.24, 2.45) is 17.1 Å². The fourth-order valence-corrected chi connectivity index (χ4v) is 3.74. The summed E-state index contributed by atoms with van der Waals surface area (Å²) in [6.07, 6.45) is 4.24. The van der Waals surface area contributed by atoms with Gasteiger partial charge in [0, 0.05) is 17.9 Å². The van der Waals surface area contributed by atoms with E-state index < -0.39 is 0 Å². The van der Waals surface area contributed by atoms with E-state index in [9.17, 15) is 5.11 Å². The van der Waals surface area contributed by atoms with Gasteiger partial charge in [-0.2, -0.15) is 0 Å². The molecule has 106 valence electrons. The minimum Gasteiger partial charge on any atom is -0.392 e. The molecule has 0 radical (unpaired) electrons. The molecule has 1 aromatic carbocycles. The third-order valence-electron chi connectivity index (χ3n) is 4.96. The molecule has 3 N–H and O–H groups in total. The molecule has 1 aliphatic carbocycles. The smallest absolute Gasteiger partial charge is 0.0674 e. The predicted molar refractivity (Wildman–Crippen MR) is 80.0 cm³/mol. The first-order valence-electron chi connectivity index (χ1n) is 7.52. The molecule has 0 spiro atoms. The number of hydrogen-bond acceptors (Lipinski definition) is 2. The van der Waals surface area contributed by atoms with Crippen molar-refractivity contribution >= 4 is 0 Å². The number of nitrogens with two attached hydrogens (primary N) is 1. The quantitative estimate of drug-likeness (QED) is 0.873. The van der Waals surface area contributed by atoms with Crippen LogP contribution in [0.1, 0.15) is 51.0 Å². The average molecular weight is 261 g/mol. The van der Waals surface area contributed by atoms with Crippen LogP contribution in [0.3, 0.4) is 0 Å². The SMILES string of the molecule is CC1CCCC(CN)(C(O)C(C)c2ccccc2)C1. The third-order valence-corrected chi connectivity index (χ3v) is 4.96. The topological polar surface area (TPSA) is 46.2 Å². The summed E-state index contributed by atoms with van der Waals surface area (Å²) in [5.74, 6) is 0.824. The number of hydrogen-bond donors (Lipinski definition) is 2. The lowest BCUT2D eigenvalue weighted by Gasteiger charge is -2.45. The second-order valence-corrected chi connectivity index (χ2v) is 6.41. The van der Waals surface area contributed by atoms with Crippen molar-refractivity contribution in [3.63, 3.8) is 0 Å². The summed E-state index contributed by atoms with van der Waals surface area (Å²) >= 11 is 0. The Morgan fingerprint density at radius 3 is 2.63 bits per heavy atom. The van der Waals surface area contributed by atoms with Crippen LogP contribution in [0.5, 0.6) is 0 Å². The van der Waals surface area contributed by atoms with E-state index in [0.717, 1.165) is 12.8 Å². The lowest BCUT2D eigenvalue weighted by atomic mass is 9.63. The molecule has 0 amide bonds. The zero-order valence-corrected chi connectivity index (χ0v) is 12.2. The van der Waals surface area contributed by atoms with Crippen LogP contribution in [-0.4, -0.2) is 17.8 Å². The number of aliphatic hydroxyl groups is 1. The van der Waals surface area contributed by atoms with Crippen molar-refractivity contribution in [1.82, 2.24) is 0 Å². The van der Waals surface area contributed by atoms with Crippen LogP contribution in [-0.2, 0) is 0 Å². The molecule has 1 aliphatic rings. The standard InChI is InChI=1S/C17H27NO/c1-13-7-6-10-17(11-13,12-18)16(19)14(2)15-8-4-3-5-9-15/h3-5,8-9,13-14,16,19H,6-7,10-12,18H2,1-2H3.